The van der Waals surface area contributed by atoms with E-state index < -0.39 is 27.8 Å². The maximum atomic E-state index is 13.3. The highest BCUT2D eigenvalue weighted by atomic mass is 32.2. The van der Waals surface area contributed by atoms with Crippen LogP contribution in [-0.4, -0.2) is 62.4 Å². The summed E-state index contributed by atoms with van der Waals surface area (Å²) >= 11 is 0. The molecule has 2 rings (SSSR count). The topological polar surface area (TPSA) is 106 Å². The first-order chi connectivity index (χ1) is 14.2. The predicted octanol–water partition coefficient (Wildman–Crippen LogP) is 2.72. The molecule has 1 N–H and O–H groups in total. The van der Waals surface area contributed by atoms with Gasteiger partial charge in [0.15, 0.2) is 5.78 Å². The number of benzene rings is 1. The second kappa shape index (κ2) is 10.0. The fraction of sp³-hybridized carbons (Fsp3) is 0.429. The van der Waals surface area contributed by atoms with Gasteiger partial charge < -0.3 is 14.5 Å². The third-order valence-corrected chi connectivity index (χ3v) is 6.82. The molecule has 0 unspecified atom stereocenters. The number of ketones is 1. The van der Waals surface area contributed by atoms with E-state index >= 15 is 0 Å². The summed E-state index contributed by atoms with van der Waals surface area (Å²) in [6.07, 6.45) is 0. The van der Waals surface area contributed by atoms with Crippen molar-refractivity contribution in [2.45, 2.75) is 38.6 Å². The van der Waals surface area contributed by atoms with Crippen molar-refractivity contribution >= 4 is 21.8 Å². The summed E-state index contributed by atoms with van der Waals surface area (Å²) in [5, 5.41) is 0. The molecule has 30 heavy (non-hydrogen) atoms. The minimum Gasteiger partial charge on any atom is -0.461 e. The Morgan fingerprint density at radius 3 is 2.37 bits per heavy atom. The summed E-state index contributed by atoms with van der Waals surface area (Å²) in [5.74, 6) is -0.967. The van der Waals surface area contributed by atoms with Gasteiger partial charge in [-0.1, -0.05) is 18.2 Å². The third-order valence-electron chi connectivity index (χ3n) is 4.84. The van der Waals surface area contributed by atoms with E-state index in [0.717, 1.165) is 4.31 Å². The summed E-state index contributed by atoms with van der Waals surface area (Å²) in [7, 11) is -2.47. The van der Waals surface area contributed by atoms with Crippen LogP contribution in [0.5, 0.6) is 0 Å². The summed E-state index contributed by atoms with van der Waals surface area (Å²) in [4.78, 5) is 28.5. The number of aromatic amines is 1. The van der Waals surface area contributed by atoms with E-state index in [2.05, 4.69) is 4.98 Å². The molecule has 9 heteroatoms. The van der Waals surface area contributed by atoms with Crippen molar-refractivity contribution in [2.75, 3.05) is 26.9 Å². The minimum absolute atomic E-state index is 0.00782. The van der Waals surface area contributed by atoms with Crippen LogP contribution in [0.3, 0.4) is 0 Å². The Morgan fingerprint density at radius 1 is 1.17 bits per heavy atom. The van der Waals surface area contributed by atoms with Crippen molar-refractivity contribution < 1.29 is 27.5 Å². The number of nitrogens with one attached hydrogen (secondary N) is 1. The lowest BCUT2D eigenvalue weighted by atomic mass is 10.0. The maximum Gasteiger partial charge on any atom is 0.355 e. The molecule has 0 aliphatic heterocycles. The van der Waals surface area contributed by atoms with Gasteiger partial charge in [0.05, 0.1) is 24.2 Å². The van der Waals surface area contributed by atoms with Crippen LogP contribution in [0.4, 0.5) is 0 Å². The van der Waals surface area contributed by atoms with E-state index in [0.29, 0.717) is 11.3 Å². The molecule has 1 aromatic heterocycles. The fourth-order valence-corrected chi connectivity index (χ4v) is 4.90. The van der Waals surface area contributed by atoms with Crippen LogP contribution >= 0.6 is 0 Å². The van der Waals surface area contributed by atoms with Gasteiger partial charge in [0, 0.05) is 24.9 Å². The minimum atomic E-state index is -3.94. The number of hydrogen-bond acceptors (Lipinski definition) is 6. The lowest BCUT2D eigenvalue weighted by Crippen LogP contribution is -2.45. The largest absolute Gasteiger partial charge is 0.461 e. The highest BCUT2D eigenvalue weighted by Crippen LogP contribution is 2.25. The maximum absolute atomic E-state index is 13.3. The zero-order valence-corrected chi connectivity index (χ0v) is 18.7. The molecule has 164 valence electrons. The van der Waals surface area contributed by atoms with Crippen LogP contribution in [0.2, 0.25) is 0 Å². The first kappa shape index (κ1) is 23.8. The molecule has 0 fully saturated rings. The molecule has 8 nitrogen and oxygen atoms in total. The van der Waals surface area contributed by atoms with Crippen molar-refractivity contribution in [3.8, 4) is 0 Å². The molecule has 1 atom stereocenters. The molecule has 0 radical (unpaired) electrons. The normalized spacial score (nSPS) is 12.7. The number of methoxy groups -OCH3 is 1. The van der Waals surface area contributed by atoms with Crippen molar-refractivity contribution in [3.63, 3.8) is 0 Å². The number of H-pyrrole nitrogens is 1. The van der Waals surface area contributed by atoms with E-state index in [9.17, 15) is 18.0 Å². The van der Waals surface area contributed by atoms with Gasteiger partial charge >= 0.3 is 5.97 Å². The van der Waals surface area contributed by atoms with E-state index in [-0.39, 0.29) is 35.9 Å². The Balaban J connectivity index is 2.45. The number of rotatable bonds is 10. The number of ether oxygens (including phenoxy) is 2. The molecule has 1 heterocycles. The van der Waals surface area contributed by atoms with Crippen LogP contribution in [-0.2, 0) is 19.5 Å². The molecule has 0 aliphatic carbocycles. The van der Waals surface area contributed by atoms with Gasteiger partial charge in [-0.05, 0) is 45.4 Å². The summed E-state index contributed by atoms with van der Waals surface area (Å²) in [6, 6.07) is 6.93. The molecule has 0 bridgehead atoms. The number of sulfonamides is 1. The van der Waals surface area contributed by atoms with Crippen LogP contribution in [0.15, 0.2) is 35.2 Å². The van der Waals surface area contributed by atoms with Gasteiger partial charge in [-0.15, -0.1) is 0 Å². The zero-order chi connectivity index (χ0) is 22.5. The Bertz CT molecular complexity index is 998. The molecule has 2 aromatic rings. The van der Waals surface area contributed by atoms with Crippen LogP contribution < -0.4 is 0 Å². The number of carbonyl (C=O) groups is 2. The van der Waals surface area contributed by atoms with Gasteiger partial charge in [-0.3, -0.25) is 4.79 Å². The van der Waals surface area contributed by atoms with Crippen molar-refractivity contribution in [1.29, 1.82) is 0 Å². The highest BCUT2D eigenvalue weighted by molar-refractivity contribution is 7.89. The lowest BCUT2D eigenvalue weighted by Gasteiger charge is -2.27. The predicted molar refractivity (Wildman–Crippen MR) is 112 cm³/mol. The summed E-state index contributed by atoms with van der Waals surface area (Å²) in [5.41, 5.74) is 1.40. The molecule has 0 aliphatic rings. The average Bonchev–Trinajstić information content (AvgIpc) is 3.02. The first-order valence-corrected chi connectivity index (χ1v) is 11.1. The van der Waals surface area contributed by atoms with E-state index in [1.54, 1.807) is 39.0 Å². The molecule has 0 spiro atoms. The number of carbonyl (C=O) groups excluding carboxylic acids is 2. The van der Waals surface area contributed by atoms with Crippen molar-refractivity contribution in [1.82, 2.24) is 9.29 Å². The highest BCUT2D eigenvalue weighted by Gasteiger charge is 2.35. The summed E-state index contributed by atoms with van der Waals surface area (Å²) in [6.45, 7) is 6.88. The molecule has 1 aromatic carbocycles. The standard InChI is InChI=1S/C21H28N2O6S/c1-6-29-21(25)19-14(2)18(15(3)22-19)20(24)16(4)23(12-13-28-5)30(26,27)17-10-8-7-9-11-17/h7-11,16,22H,6,12-13H2,1-5H3/t16-/m0/s1. The quantitative estimate of drug-likeness (QED) is 0.453. The number of nitrogens with zero attached hydrogens (tertiary/aromatic N) is 1. The van der Waals surface area contributed by atoms with Crippen molar-refractivity contribution in [2.24, 2.45) is 0 Å². The van der Waals surface area contributed by atoms with Gasteiger partial charge in [-0.25, -0.2) is 13.2 Å². The second-order valence-electron chi connectivity index (χ2n) is 6.81. The third kappa shape index (κ3) is 4.80. The lowest BCUT2D eigenvalue weighted by molar-refractivity contribution is 0.0519. The number of aromatic nitrogens is 1. The van der Waals surface area contributed by atoms with E-state index in [4.69, 9.17) is 9.47 Å². The molecule has 0 amide bonds. The number of hydrogen-bond donors (Lipinski definition) is 1. The first-order valence-electron chi connectivity index (χ1n) is 9.63. The Labute approximate surface area is 177 Å². The van der Waals surface area contributed by atoms with Crippen molar-refractivity contribution in [3.05, 3.63) is 52.8 Å². The second-order valence-corrected chi connectivity index (χ2v) is 8.70. The van der Waals surface area contributed by atoms with E-state index in [1.165, 1.54) is 26.2 Å². The Hall–Kier alpha value is -2.49. The monoisotopic (exact) mass is 436 g/mol. The number of Topliss-reactive ketones (excluding diaryl/α,β-unsaturated/α-hetero) is 1. The Kier molecular flexibility index (Phi) is 7.94. The average molecular weight is 437 g/mol. The van der Waals surface area contributed by atoms with Gasteiger partial charge in [-0.2, -0.15) is 4.31 Å². The van der Waals surface area contributed by atoms with Gasteiger partial charge in [0.2, 0.25) is 10.0 Å². The smallest absolute Gasteiger partial charge is 0.355 e. The zero-order valence-electron chi connectivity index (χ0n) is 17.9. The fourth-order valence-electron chi connectivity index (χ4n) is 3.30. The van der Waals surface area contributed by atoms with Crippen LogP contribution in [0.25, 0.3) is 0 Å². The van der Waals surface area contributed by atoms with Crippen LogP contribution in [0, 0.1) is 13.8 Å². The number of aryl methyl sites for hydroxylation is 1. The Morgan fingerprint density at radius 2 is 1.80 bits per heavy atom. The summed E-state index contributed by atoms with van der Waals surface area (Å²) < 4.78 is 37.7. The molecular weight excluding hydrogens is 408 g/mol. The van der Waals surface area contributed by atoms with Gasteiger partial charge in [0.1, 0.15) is 5.69 Å². The van der Waals surface area contributed by atoms with Gasteiger partial charge in [0.25, 0.3) is 0 Å². The molecular formula is C21H28N2O6S. The SMILES string of the molecule is CCOC(=O)c1[nH]c(C)c(C(=O)[C@H](C)N(CCOC)S(=O)(=O)c2ccccc2)c1C. The number of esters is 1. The van der Waals surface area contributed by atoms with E-state index in [1.807, 2.05) is 0 Å². The van der Waals surface area contributed by atoms with Crippen LogP contribution in [0.1, 0.15) is 46.0 Å². The molecule has 0 saturated heterocycles. The molecule has 0 saturated carbocycles.